The first-order valence-electron chi connectivity index (χ1n) is 6.33. The van der Waals surface area contributed by atoms with E-state index in [1.54, 1.807) is 54.6 Å². The number of Topliss-reactive ketones (excluding diaryl/α,β-unsaturated/α-hetero) is 1. The number of aryl methyl sites for hydroxylation is 1. The summed E-state index contributed by atoms with van der Waals surface area (Å²) in [5.41, 5.74) is 1.39. The minimum Gasteiger partial charge on any atom is -0.293 e. The molecule has 1 atom stereocenters. The van der Waals surface area contributed by atoms with Gasteiger partial charge < -0.3 is 0 Å². The molecule has 4 heteroatoms. The smallest absolute Gasteiger partial charge is 0.188 e. The number of carbonyl (C=O) groups excluding carboxylic acids is 1. The zero-order chi connectivity index (χ0) is 14.8. The highest BCUT2D eigenvalue weighted by Crippen LogP contribution is 2.19. The van der Waals surface area contributed by atoms with Crippen molar-refractivity contribution in [3.8, 4) is 0 Å². The molecule has 3 nitrogen and oxygen atoms in total. The van der Waals surface area contributed by atoms with E-state index in [9.17, 15) is 13.2 Å². The van der Waals surface area contributed by atoms with Crippen LogP contribution in [0, 0.1) is 6.92 Å². The van der Waals surface area contributed by atoms with Crippen LogP contribution in [0.5, 0.6) is 0 Å². The molecule has 0 N–H and O–H groups in total. The number of rotatable bonds is 4. The molecule has 0 saturated heterocycles. The molecule has 2 rings (SSSR count). The van der Waals surface area contributed by atoms with Crippen molar-refractivity contribution in [1.29, 1.82) is 0 Å². The van der Waals surface area contributed by atoms with Crippen molar-refractivity contribution < 1.29 is 13.2 Å². The minimum absolute atomic E-state index is 0.180. The van der Waals surface area contributed by atoms with E-state index in [-0.39, 0.29) is 10.7 Å². The van der Waals surface area contributed by atoms with Gasteiger partial charge in [0.15, 0.2) is 15.6 Å². The normalized spacial score (nSPS) is 12.9. The fourth-order valence-electron chi connectivity index (χ4n) is 1.91. The van der Waals surface area contributed by atoms with E-state index < -0.39 is 15.1 Å². The van der Waals surface area contributed by atoms with Gasteiger partial charge in [-0.05, 0) is 26.0 Å². The summed E-state index contributed by atoms with van der Waals surface area (Å²) in [4.78, 5) is 12.4. The summed E-state index contributed by atoms with van der Waals surface area (Å²) in [5, 5.41) is -1.09. The van der Waals surface area contributed by atoms with Crippen molar-refractivity contribution in [3.63, 3.8) is 0 Å². The van der Waals surface area contributed by atoms with Crippen LogP contribution in [0.3, 0.4) is 0 Å². The average Bonchev–Trinajstić information content (AvgIpc) is 2.47. The highest BCUT2D eigenvalue weighted by molar-refractivity contribution is 7.92. The lowest BCUT2D eigenvalue weighted by Gasteiger charge is -2.12. The Morgan fingerprint density at radius 2 is 1.50 bits per heavy atom. The predicted molar refractivity (Wildman–Crippen MR) is 78.6 cm³/mol. The Bertz CT molecular complexity index is 701. The van der Waals surface area contributed by atoms with Crippen LogP contribution >= 0.6 is 0 Å². The quantitative estimate of drug-likeness (QED) is 0.813. The molecule has 0 bridgehead atoms. The summed E-state index contributed by atoms with van der Waals surface area (Å²) in [6.45, 7) is 3.32. The van der Waals surface area contributed by atoms with Crippen LogP contribution < -0.4 is 0 Å². The number of hydrogen-bond donors (Lipinski definition) is 0. The minimum atomic E-state index is -3.65. The first kappa shape index (κ1) is 14.5. The van der Waals surface area contributed by atoms with Gasteiger partial charge in [-0.2, -0.15) is 0 Å². The molecule has 0 amide bonds. The van der Waals surface area contributed by atoms with Gasteiger partial charge in [0.1, 0.15) is 5.25 Å². The number of hydrogen-bond acceptors (Lipinski definition) is 3. The fraction of sp³-hybridized carbons (Fsp3) is 0.188. The molecule has 0 radical (unpaired) electrons. The summed E-state index contributed by atoms with van der Waals surface area (Å²) in [7, 11) is -3.65. The molecular weight excluding hydrogens is 272 g/mol. The van der Waals surface area contributed by atoms with Gasteiger partial charge in [0, 0.05) is 5.56 Å². The maximum atomic E-state index is 12.4. The van der Waals surface area contributed by atoms with Crippen molar-refractivity contribution in [2.75, 3.05) is 0 Å². The third-order valence-corrected chi connectivity index (χ3v) is 5.32. The molecule has 0 fully saturated rings. The maximum absolute atomic E-state index is 12.4. The van der Waals surface area contributed by atoms with Gasteiger partial charge in [-0.3, -0.25) is 4.79 Å². The Kier molecular flexibility index (Phi) is 4.04. The lowest BCUT2D eigenvalue weighted by molar-refractivity contribution is 0.0991. The van der Waals surface area contributed by atoms with Crippen molar-refractivity contribution >= 4 is 15.6 Å². The van der Waals surface area contributed by atoms with E-state index in [1.807, 2.05) is 6.92 Å². The van der Waals surface area contributed by atoms with Gasteiger partial charge in [0.25, 0.3) is 0 Å². The lowest BCUT2D eigenvalue weighted by atomic mass is 10.1. The van der Waals surface area contributed by atoms with Crippen LogP contribution in [-0.4, -0.2) is 19.5 Å². The number of sulfone groups is 1. The summed E-state index contributed by atoms with van der Waals surface area (Å²) in [5.74, 6) is -0.383. The van der Waals surface area contributed by atoms with Crippen LogP contribution in [-0.2, 0) is 9.84 Å². The van der Waals surface area contributed by atoms with Gasteiger partial charge >= 0.3 is 0 Å². The third kappa shape index (κ3) is 2.80. The summed E-state index contributed by atoms with van der Waals surface area (Å²) >= 11 is 0. The van der Waals surface area contributed by atoms with Gasteiger partial charge in [0.05, 0.1) is 4.90 Å². The monoisotopic (exact) mass is 288 g/mol. The molecule has 0 saturated carbocycles. The van der Waals surface area contributed by atoms with Gasteiger partial charge in [-0.25, -0.2) is 8.42 Å². The fourth-order valence-corrected chi connectivity index (χ4v) is 3.25. The zero-order valence-electron chi connectivity index (χ0n) is 11.4. The van der Waals surface area contributed by atoms with E-state index in [0.717, 1.165) is 5.56 Å². The summed E-state index contributed by atoms with van der Waals surface area (Å²) in [6.07, 6.45) is 0. The Balaban J connectivity index is 2.35. The molecule has 0 aliphatic rings. The van der Waals surface area contributed by atoms with Crippen molar-refractivity contribution in [1.82, 2.24) is 0 Å². The van der Waals surface area contributed by atoms with Gasteiger partial charge in [-0.1, -0.05) is 48.0 Å². The van der Waals surface area contributed by atoms with Crippen LogP contribution in [0.1, 0.15) is 22.8 Å². The predicted octanol–water partition coefficient (Wildman–Crippen LogP) is 3.04. The molecule has 0 aromatic heterocycles. The molecule has 20 heavy (non-hydrogen) atoms. The van der Waals surface area contributed by atoms with E-state index in [1.165, 1.54) is 6.92 Å². The molecule has 1 unspecified atom stereocenters. The van der Waals surface area contributed by atoms with E-state index in [0.29, 0.717) is 5.56 Å². The molecule has 2 aromatic carbocycles. The highest BCUT2D eigenvalue weighted by Gasteiger charge is 2.30. The second-order valence-electron chi connectivity index (χ2n) is 4.73. The molecule has 0 aliphatic heterocycles. The SMILES string of the molecule is Cc1ccc(S(=O)(=O)C(C)C(=O)c2ccccc2)cc1. The summed E-state index contributed by atoms with van der Waals surface area (Å²) < 4.78 is 24.9. The van der Waals surface area contributed by atoms with Crippen LogP contribution in [0.25, 0.3) is 0 Å². The van der Waals surface area contributed by atoms with E-state index in [2.05, 4.69) is 0 Å². The molecule has 2 aromatic rings. The molecule has 0 heterocycles. The molecule has 104 valence electrons. The second-order valence-corrected chi connectivity index (χ2v) is 7.00. The Morgan fingerprint density at radius 3 is 2.05 bits per heavy atom. The van der Waals surface area contributed by atoms with Crippen LogP contribution in [0.15, 0.2) is 59.5 Å². The molecule has 0 aliphatic carbocycles. The Hall–Kier alpha value is -1.94. The topological polar surface area (TPSA) is 51.2 Å². The Labute approximate surface area is 119 Å². The third-order valence-electron chi connectivity index (χ3n) is 3.24. The van der Waals surface area contributed by atoms with Gasteiger partial charge in [-0.15, -0.1) is 0 Å². The summed E-state index contributed by atoms with van der Waals surface area (Å²) in [6, 6.07) is 15.0. The average molecular weight is 288 g/mol. The van der Waals surface area contributed by atoms with Gasteiger partial charge in [0.2, 0.25) is 0 Å². The van der Waals surface area contributed by atoms with E-state index >= 15 is 0 Å². The number of ketones is 1. The Morgan fingerprint density at radius 1 is 0.950 bits per heavy atom. The lowest BCUT2D eigenvalue weighted by Crippen LogP contribution is -2.27. The zero-order valence-corrected chi connectivity index (χ0v) is 12.2. The number of carbonyl (C=O) groups is 1. The second kappa shape index (κ2) is 5.59. The van der Waals surface area contributed by atoms with Crippen LogP contribution in [0.2, 0.25) is 0 Å². The molecule has 0 spiro atoms. The van der Waals surface area contributed by atoms with Crippen LogP contribution in [0.4, 0.5) is 0 Å². The first-order chi connectivity index (χ1) is 9.43. The highest BCUT2D eigenvalue weighted by atomic mass is 32.2. The maximum Gasteiger partial charge on any atom is 0.188 e. The van der Waals surface area contributed by atoms with Crippen molar-refractivity contribution in [2.45, 2.75) is 24.0 Å². The van der Waals surface area contributed by atoms with Crippen molar-refractivity contribution in [2.24, 2.45) is 0 Å². The largest absolute Gasteiger partial charge is 0.293 e. The molecular formula is C16H16O3S. The van der Waals surface area contributed by atoms with E-state index in [4.69, 9.17) is 0 Å². The van der Waals surface area contributed by atoms with Crippen molar-refractivity contribution in [3.05, 3.63) is 65.7 Å². The first-order valence-corrected chi connectivity index (χ1v) is 7.87. The number of benzene rings is 2. The standard InChI is InChI=1S/C16H16O3S/c1-12-8-10-15(11-9-12)20(18,19)13(2)16(17)14-6-4-3-5-7-14/h3-11,13H,1-2H3.